The summed E-state index contributed by atoms with van der Waals surface area (Å²) in [5, 5.41) is 3.51. The monoisotopic (exact) mass is 549 g/mol. The number of halogens is 3. The van der Waals surface area contributed by atoms with E-state index in [1.807, 2.05) is 0 Å². The first-order chi connectivity index (χ1) is 15.9. The van der Waals surface area contributed by atoms with Crippen molar-refractivity contribution >= 4 is 62.3 Å². The number of benzene rings is 2. The SMILES string of the molecule is CCNC(=O)C(C)N(Cc1ccc(Cl)c(Cl)c1)C(=O)CN(c1ccc(OC)c(Cl)c1)S(C)(=O)=O. The Hall–Kier alpha value is -2.20. The molecule has 2 amide bonds. The van der Waals surface area contributed by atoms with Crippen LogP contribution in [-0.4, -0.2) is 57.6 Å². The molecule has 0 heterocycles. The first-order valence-electron chi connectivity index (χ1n) is 10.2. The summed E-state index contributed by atoms with van der Waals surface area (Å²) in [7, 11) is -2.44. The number of carbonyl (C=O) groups is 2. The Morgan fingerprint density at radius 3 is 2.26 bits per heavy atom. The fraction of sp³-hybridized carbons (Fsp3) is 0.364. The molecule has 8 nitrogen and oxygen atoms in total. The zero-order chi connectivity index (χ0) is 25.6. The van der Waals surface area contributed by atoms with Gasteiger partial charge in [-0.3, -0.25) is 13.9 Å². The maximum atomic E-state index is 13.4. The van der Waals surface area contributed by atoms with Gasteiger partial charge in [-0.15, -0.1) is 0 Å². The summed E-state index contributed by atoms with van der Waals surface area (Å²) in [6, 6.07) is 8.35. The number of carbonyl (C=O) groups excluding carboxylic acids is 2. The van der Waals surface area contributed by atoms with E-state index in [0.717, 1.165) is 10.6 Å². The van der Waals surface area contributed by atoms with Crippen LogP contribution in [0.25, 0.3) is 0 Å². The quantitative estimate of drug-likeness (QED) is 0.483. The van der Waals surface area contributed by atoms with Gasteiger partial charge in [0.05, 0.1) is 34.1 Å². The molecule has 34 heavy (non-hydrogen) atoms. The highest BCUT2D eigenvalue weighted by atomic mass is 35.5. The van der Waals surface area contributed by atoms with Crippen LogP contribution in [0.15, 0.2) is 36.4 Å². The molecule has 0 saturated heterocycles. The van der Waals surface area contributed by atoms with E-state index in [-0.39, 0.29) is 23.2 Å². The van der Waals surface area contributed by atoms with Crippen molar-refractivity contribution in [3.05, 3.63) is 57.0 Å². The molecule has 0 spiro atoms. The molecule has 12 heteroatoms. The summed E-state index contributed by atoms with van der Waals surface area (Å²) in [6.45, 7) is 3.16. The summed E-state index contributed by atoms with van der Waals surface area (Å²) in [6.07, 6.45) is 0.981. The minimum absolute atomic E-state index is 0.00892. The van der Waals surface area contributed by atoms with Crippen molar-refractivity contribution in [3.8, 4) is 5.75 Å². The van der Waals surface area contributed by atoms with E-state index < -0.39 is 28.5 Å². The van der Waals surface area contributed by atoms with Gasteiger partial charge in [0.1, 0.15) is 18.3 Å². The summed E-state index contributed by atoms with van der Waals surface area (Å²) in [4.78, 5) is 27.2. The van der Waals surface area contributed by atoms with Crippen molar-refractivity contribution in [2.24, 2.45) is 0 Å². The number of methoxy groups -OCH3 is 1. The first kappa shape index (κ1) is 28.0. The van der Waals surface area contributed by atoms with Crippen LogP contribution in [0, 0.1) is 0 Å². The largest absolute Gasteiger partial charge is 0.495 e. The van der Waals surface area contributed by atoms with Crippen molar-refractivity contribution in [2.45, 2.75) is 26.4 Å². The van der Waals surface area contributed by atoms with E-state index in [9.17, 15) is 18.0 Å². The predicted octanol–water partition coefficient (Wildman–Crippen LogP) is 3.97. The van der Waals surface area contributed by atoms with Gasteiger partial charge in [-0.2, -0.15) is 0 Å². The fourth-order valence-electron chi connectivity index (χ4n) is 3.16. The number of sulfonamides is 1. The third-order valence-corrected chi connectivity index (χ3v) is 7.13. The minimum Gasteiger partial charge on any atom is -0.495 e. The second-order valence-corrected chi connectivity index (χ2v) is 10.6. The number of hydrogen-bond donors (Lipinski definition) is 1. The molecule has 0 aromatic heterocycles. The van der Waals surface area contributed by atoms with Crippen LogP contribution < -0.4 is 14.4 Å². The molecule has 0 bridgehead atoms. The number of amides is 2. The average molecular weight is 551 g/mol. The molecule has 0 saturated carbocycles. The molecule has 0 radical (unpaired) electrons. The first-order valence-corrected chi connectivity index (χ1v) is 13.2. The smallest absolute Gasteiger partial charge is 0.244 e. The van der Waals surface area contributed by atoms with Gasteiger partial charge in [0.15, 0.2) is 0 Å². The fourth-order valence-corrected chi connectivity index (χ4v) is 4.58. The van der Waals surface area contributed by atoms with Crippen molar-refractivity contribution in [2.75, 3.05) is 30.8 Å². The lowest BCUT2D eigenvalue weighted by atomic mass is 10.1. The van der Waals surface area contributed by atoms with E-state index in [2.05, 4.69) is 5.32 Å². The number of rotatable bonds is 10. The number of nitrogens with zero attached hydrogens (tertiary/aromatic N) is 2. The van der Waals surface area contributed by atoms with E-state index in [1.54, 1.807) is 32.0 Å². The predicted molar refractivity (Wildman–Crippen MR) is 135 cm³/mol. The molecule has 0 aliphatic heterocycles. The number of nitrogens with one attached hydrogen (secondary N) is 1. The van der Waals surface area contributed by atoms with Crippen molar-refractivity contribution in [3.63, 3.8) is 0 Å². The Morgan fingerprint density at radius 2 is 1.74 bits per heavy atom. The summed E-state index contributed by atoms with van der Waals surface area (Å²) in [5.41, 5.74) is 0.805. The lowest BCUT2D eigenvalue weighted by molar-refractivity contribution is -0.139. The maximum Gasteiger partial charge on any atom is 0.244 e. The van der Waals surface area contributed by atoms with E-state index >= 15 is 0 Å². The molecule has 1 unspecified atom stereocenters. The normalized spacial score (nSPS) is 12.1. The second-order valence-electron chi connectivity index (χ2n) is 7.43. The lowest BCUT2D eigenvalue weighted by Gasteiger charge is -2.31. The van der Waals surface area contributed by atoms with Crippen LogP contribution in [0.3, 0.4) is 0 Å². The standard InChI is InChI=1S/C22H26Cl3N3O5S/c1-5-26-22(30)14(2)27(12-15-6-8-17(23)18(24)10-15)21(29)13-28(34(4,31)32)16-7-9-20(33-3)19(25)11-16/h6-11,14H,5,12-13H2,1-4H3,(H,26,30). The minimum atomic E-state index is -3.88. The third kappa shape index (κ3) is 7.15. The lowest BCUT2D eigenvalue weighted by Crippen LogP contribution is -2.51. The van der Waals surface area contributed by atoms with Crippen LogP contribution in [0.4, 0.5) is 5.69 Å². The van der Waals surface area contributed by atoms with Gasteiger partial charge < -0.3 is 15.0 Å². The Kier molecular flexibility index (Phi) is 9.87. The van der Waals surface area contributed by atoms with Gasteiger partial charge in [-0.25, -0.2) is 8.42 Å². The van der Waals surface area contributed by atoms with Crippen LogP contribution in [0.1, 0.15) is 19.4 Å². The highest BCUT2D eigenvalue weighted by Gasteiger charge is 2.30. The molecule has 2 rings (SSSR count). The average Bonchev–Trinajstić information content (AvgIpc) is 2.76. The second kappa shape index (κ2) is 12.0. The van der Waals surface area contributed by atoms with Crippen LogP contribution in [-0.2, 0) is 26.2 Å². The molecular formula is C22H26Cl3N3O5S. The van der Waals surface area contributed by atoms with E-state index in [0.29, 0.717) is 27.9 Å². The number of likely N-dealkylation sites (N-methyl/N-ethyl adjacent to an activating group) is 1. The molecule has 0 aliphatic rings. The Bertz CT molecular complexity index is 1160. The van der Waals surface area contributed by atoms with Gasteiger partial charge in [-0.1, -0.05) is 40.9 Å². The molecule has 0 aliphatic carbocycles. The van der Waals surface area contributed by atoms with E-state index in [4.69, 9.17) is 39.5 Å². The topological polar surface area (TPSA) is 96.0 Å². The van der Waals surface area contributed by atoms with Crippen molar-refractivity contribution in [1.29, 1.82) is 0 Å². The van der Waals surface area contributed by atoms with Gasteiger partial charge in [0.2, 0.25) is 21.8 Å². The van der Waals surface area contributed by atoms with Crippen LogP contribution >= 0.6 is 34.8 Å². The zero-order valence-corrected chi connectivity index (χ0v) is 22.2. The molecular weight excluding hydrogens is 525 g/mol. The molecule has 1 N–H and O–H groups in total. The molecule has 2 aromatic rings. The van der Waals surface area contributed by atoms with Gasteiger partial charge in [0.25, 0.3) is 0 Å². The van der Waals surface area contributed by atoms with Gasteiger partial charge in [0, 0.05) is 13.1 Å². The van der Waals surface area contributed by atoms with Crippen molar-refractivity contribution < 1.29 is 22.7 Å². The number of hydrogen-bond acceptors (Lipinski definition) is 5. The molecule has 1 atom stereocenters. The Morgan fingerprint density at radius 1 is 1.06 bits per heavy atom. The Labute approximate surface area is 214 Å². The summed E-state index contributed by atoms with van der Waals surface area (Å²) < 4.78 is 31.2. The maximum absolute atomic E-state index is 13.4. The van der Waals surface area contributed by atoms with Crippen molar-refractivity contribution in [1.82, 2.24) is 10.2 Å². The third-order valence-electron chi connectivity index (χ3n) is 4.96. The number of ether oxygens (including phenoxy) is 1. The van der Waals surface area contributed by atoms with Gasteiger partial charge in [-0.05, 0) is 49.7 Å². The molecule has 2 aromatic carbocycles. The highest BCUT2D eigenvalue weighted by molar-refractivity contribution is 7.92. The molecule has 186 valence electrons. The molecule has 0 fully saturated rings. The van der Waals surface area contributed by atoms with Crippen LogP contribution in [0.5, 0.6) is 5.75 Å². The van der Waals surface area contributed by atoms with Crippen LogP contribution in [0.2, 0.25) is 15.1 Å². The highest BCUT2D eigenvalue weighted by Crippen LogP contribution is 2.30. The summed E-state index contributed by atoms with van der Waals surface area (Å²) >= 11 is 18.3. The number of anilines is 1. The Balaban J connectivity index is 2.43. The summed E-state index contributed by atoms with van der Waals surface area (Å²) in [5.74, 6) is -0.618. The van der Waals surface area contributed by atoms with Gasteiger partial charge >= 0.3 is 0 Å². The zero-order valence-electron chi connectivity index (χ0n) is 19.1. The van der Waals surface area contributed by atoms with E-state index in [1.165, 1.54) is 30.2 Å².